The van der Waals surface area contributed by atoms with E-state index in [1.807, 2.05) is 32.8 Å². The van der Waals surface area contributed by atoms with Gasteiger partial charge in [0, 0.05) is 31.0 Å². The van der Waals surface area contributed by atoms with Crippen molar-refractivity contribution in [1.29, 1.82) is 0 Å². The zero-order chi connectivity index (χ0) is 22.7. The molecule has 0 aliphatic carbocycles. The van der Waals surface area contributed by atoms with Gasteiger partial charge in [-0.2, -0.15) is 0 Å². The topological polar surface area (TPSA) is 93.5 Å². The molecule has 0 radical (unpaired) electrons. The van der Waals surface area contributed by atoms with Crippen LogP contribution in [0.1, 0.15) is 53.9 Å². The predicted octanol–water partition coefficient (Wildman–Crippen LogP) is 2.11. The Bertz CT molecular complexity index is 453. The monoisotopic (exact) mass is 530 g/mol. The average Bonchev–Trinajstić information content (AvgIpc) is 2.66. The minimum absolute atomic E-state index is 0.0250. The minimum atomic E-state index is -0.935. The molecule has 0 saturated carbocycles. The van der Waals surface area contributed by atoms with Crippen LogP contribution in [0, 0.1) is 11.8 Å². The molecule has 3 N–H and O–H groups in total. The van der Waals surface area contributed by atoms with Gasteiger partial charge in [-0.3, -0.25) is 9.69 Å². The molecule has 5 atom stereocenters. The lowest BCUT2D eigenvalue weighted by Crippen LogP contribution is -2.47. The molecule has 174 valence electrons. The van der Waals surface area contributed by atoms with E-state index in [1.165, 1.54) is 0 Å². The SMILES string of the molecule is CC(C)C(=O)[C@H](CCCCN(C)CC(O)C(OI)C(O)C(C)CO)N(C)C(C)C. The largest absolute Gasteiger partial charge is 0.396 e. The summed E-state index contributed by atoms with van der Waals surface area (Å²) in [6.45, 7) is 10.8. The van der Waals surface area contributed by atoms with Gasteiger partial charge in [0.15, 0.2) is 5.78 Å². The van der Waals surface area contributed by atoms with Gasteiger partial charge < -0.3 is 23.3 Å². The number of nitrogens with zero attached hydrogens (tertiary/aromatic N) is 2. The zero-order valence-corrected chi connectivity index (χ0v) is 21.4. The Morgan fingerprint density at radius 1 is 1.07 bits per heavy atom. The highest BCUT2D eigenvalue weighted by atomic mass is 127. The number of aliphatic hydroxyl groups excluding tert-OH is 3. The molecule has 0 bridgehead atoms. The molecular formula is C21H43IN2O5. The summed E-state index contributed by atoms with van der Waals surface area (Å²) in [5, 5.41) is 29.9. The molecule has 0 saturated heterocycles. The summed E-state index contributed by atoms with van der Waals surface area (Å²) < 4.78 is 5.24. The van der Waals surface area contributed by atoms with Crippen molar-refractivity contribution in [2.75, 3.05) is 33.8 Å². The van der Waals surface area contributed by atoms with Gasteiger partial charge in [0.25, 0.3) is 0 Å². The lowest BCUT2D eigenvalue weighted by molar-refractivity contribution is -0.127. The van der Waals surface area contributed by atoms with Crippen molar-refractivity contribution >= 4 is 28.8 Å². The Labute approximate surface area is 191 Å². The van der Waals surface area contributed by atoms with Crippen LogP contribution in [-0.4, -0.2) is 95.1 Å². The fourth-order valence-corrected chi connectivity index (χ4v) is 3.94. The van der Waals surface area contributed by atoms with E-state index in [0.717, 1.165) is 25.8 Å². The van der Waals surface area contributed by atoms with Gasteiger partial charge in [-0.05, 0) is 47.3 Å². The third-order valence-electron chi connectivity index (χ3n) is 5.66. The standard InChI is InChI=1S/C21H43IN2O5/c1-14(2)19(27)17(24(7)15(3)4)10-8-9-11-23(6)12-18(26)21(29-22)20(28)16(5)13-25/h14-18,20-21,25-26,28H,8-13H2,1-7H3/t16?,17-,18?,20?,21?/m0/s1. The molecule has 7 nitrogen and oxygen atoms in total. The molecule has 0 aliphatic heterocycles. The summed E-state index contributed by atoms with van der Waals surface area (Å²) >= 11 is 1.68. The average molecular weight is 530 g/mol. The predicted molar refractivity (Wildman–Crippen MR) is 125 cm³/mol. The molecule has 0 aromatic carbocycles. The van der Waals surface area contributed by atoms with Crippen LogP contribution in [0.5, 0.6) is 0 Å². The number of rotatable bonds is 16. The lowest BCUT2D eigenvalue weighted by Gasteiger charge is -2.32. The van der Waals surface area contributed by atoms with Crippen molar-refractivity contribution < 1.29 is 23.2 Å². The maximum Gasteiger partial charge on any atom is 0.152 e. The third-order valence-corrected chi connectivity index (χ3v) is 6.25. The molecule has 8 heteroatoms. The number of hydrogen-bond acceptors (Lipinski definition) is 7. The number of likely N-dealkylation sites (N-methyl/N-ethyl adjacent to an activating group) is 2. The second-order valence-electron chi connectivity index (χ2n) is 8.86. The van der Waals surface area contributed by atoms with Crippen molar-refractivity contribution in [3.8, 4) is 0 Å². The number of ketones is 1. The van der Waals surface area contributed by atoms with E-state index in [1.54, 1.807) is 29.9 Å². The summed E-state index contributed by atoms with van der Waals surface area (Å²) in [6, 6.07) is 0.260. The Morgan fingerprint density at radius 2 is 1.66 bits per heavy atom. The number of unbranched alkanes of at least 4 members (excludes halogenated alkanes) is 1. The second kappa shape index (κ2) is 15.0. The first-order chi connectivity index (χ1) is 13.5. The van der Waals surface area contributed by atoms with Crippen LogP contribution < -0.4 is 0 Å². The van der Waals surface area contributed by atoms with Crippen LogP contribution in [0.4, 0.5) is 0 Å². The summed E-state index contributed by atoms with van der Waals surface area (Å²) in [6.07, 6.45) is 0.124. The molecule has 0 spiro atoms. The highest BCUT2D eigenvalue weighted by Gasteiger charge is 2.32. The molecule has 0 aromatic heterocycles. The van der Waals surface area contributed by atoms with Crippen molar-refractivity contribution in [2.45, 2.75) is 84.3 Å². The highest BCUT2D eigenvalue weighted by molar-refractivity contribution is 14.1. The first-order valence-corrected chi connectivity index (χ1v) is 11.5. The fraction of sp³-hybridized carbons (Fsp3) is 0.952. The fourth-order valence-electron chi connectivity index (χ4n) is 3.30. The Morgan fingerprint density at radius 3 is 2.10 bits per heavy atom. The quantitative estimate of drug-likeness (QED) is 0.208. The summed E-state index contributed by atoms with van der Waals surface area (Å²) in [5.74, 6) is -0.0564. The van der Waals surface area contributed by atoms with Gasteiger partial charge in [-0.25, -0.2) is 0 Å². The summed E-state index contributed by atoms with van der Waals surface area (Å²) in [7, 11) is 3.94. The van der Waals surface area contributed by atoms with Crippen LogP contribution in [0.15, 0.2) is 0 Å². The lowest BCUT2D eigenvalue weighted by atomic mass is 9.95. The molecule has 0 aromatic rings. The van der Waals surface area contributed by atoms with E-state index in [-0.39, 0.29) is 24.5 Å². The number of aliphatic hydroxyl groups is 3. The Kier molecular flexibility index (Phi) is 15.1. The third kappa shape index (κ3) is 10.3. The molecule has 0 heterocycles. The van der Waals surface area contributed by atoms with Crippen molar-refractivity contribution in [2.24, 2.45) is 11.8 Å². The number of Topliss-reactive ketones (excluding diaryl/α,β-unsaturated/α-hetero) is 1. The molecular weight excluding hydrogens is 487 g/mol. The molecule has 0 rings (SSSR count). The van der Waals surface area contributed by atoms with Gasteiger partial charge in [-0.1, -0.05) is 27.2 Å². The maximum absolute atomic E-state index is 12.6. The smallest absolute Gasteiger partial charge is 0.152 e. The number of carbonyl (C=O) groups is 1. The highest BCUT2D eigenvalue weighted by Crippen LogP contribution is 2.18. The van der Waals surface area contributed by atoms with Crippen molar-refractivity contribution in [1.82, 2.24) is 9.80 Å². The van der Waals surface area contributed by atoms with Gasteiger partial charge >= 0.3 is 0 Å². The maximum atomic E-state index is 12.6. The van der Waals surface area contributed by atoms with Gasteiger partial charge in [0.05, 0.1) is 18.2 Å². The normalized spacial score (nSPS) is 17.8. The zero-order valence-electron chi connectivity index (χ0n) is 19.2. The molecule has 29 heavy (non-hydrogen) atoms. The van der Waals surface area contributed by atoms with Crippen molar-refractivity contribution in [3.05, 3.63) is 0 Å². The summed E-state index contributed by atoms with van der Waals surface area (Å²) in [4.78, 5) is 16.7. The molecule has 0 amide bonds. The van der Waals surface area contributed by atoms with Crippen LogP contribution >= 0.6 is 23.0 Å². The Balaban J connectivity index is 4.55. The van der Waals surface area contributed by atoms with E-state index in [2.05, 4.69) is 18.7 Å². The van der Waals surface area contributed by atoms with E-state index in [9.17, 15) is 20.1 Å². The van der Waals surface area contributed by atoms with Crippen LogP contribution in [-0.2, 0) is 7.86 Å². The minimum Gasteiger partial charge on any atom is -0.396 e. The van der Waals surface area contributed by atoms with Gasteiger partial charge in [0.2, 0.25) is 0 Å². The van der Waals surface area contributed by atoms with Gasteiger partial charge in [0.1, 0.15) is 29.1 Å². The van der Waals surface area contributed by atoms with E-state index < -0.39 is 18.3 Å². The van der Waals surface area contributed by atoms with E-state index in [0.29, 0.717) is 18.4 Å². The van der Waals surface area contributed by atoms with Crippen LogP contribution in [0.2, 0.25) is 0 Å². The van der Waals surface area contributed by atoms with Crippen LogP contribution in [0.25, 0.3) is 0 Å². The number of hydrogen-bond donors (Lipinski definition) is 3. The van der Waals surface area contributed by atoms with E-state index in [4.69, 9.17) is 3.07 Å². The number of halogens is 1. The first kappa shape index (κ1) is 29.2. The second-order valence-corrected chi connectivity index (χ2v) is 9.37. The molecule has 4 unspecified atom stereocenters. The number of carbonyl (C=O) groups excluding carboxylic acids is 1. The Hall–Kier alpha value is 0.160. The molecule has 0 fully saturated rings. The van der Waals surface area contributed by atoms with Crippen LogP contribution in [0.3, 0.4) is 0 Å². The van der Waals surface area contributed by atoms with Crippen molar-refractivity contribution in [3.63, 3.8) is 0 Å². The van der Waals surface area contributed by atoms with E-state index >= 15 is 0 Å². The molecule has 0 aliphatic rings. The van der Waals surface area contributed by atoms with Gasteiger partial charge in [-0.15, -0.1) is 0 Å². The summed E-state index contributed by atoms with van der Waals surface area (Å²) in [5.41, 5.74) is 0. The first-order valence-electron chi connectivity index (χ1n) is 10.7.